The summed E-state index contributed by atoms with van der Waals surface area (Å²) in [4.78, 5) is 23.5. The molecule has 0 aliphatic heterocycles. The van der Waals surface area contributed by atoms with E-state index in [-0.39, 0.29) is 28.9 Å². The number of nitrogens with two attached hydrogens (primary N) is 1. The number of thiocarbonyl (C=S) groups is 1. The van der Waals surface area contributed by atoms with Gasteiger partial charge in [0.05, 0.1) is 5.56 Å². The molecule has 0 aliphatic carbocycles. The highest BCUT2D eigenvalue weighted by molar-refractivity contribution is 7.80. The summed E-state index contributed by atoms with van der Waals surface area (Å²) in [5, 5.41) is 2.77. The van der Waals surface area contributed by atoms with Gasteiger partial charge in [-0.25, -0.2) is 0 Å². The molecule has 6 heteroatoms. The molecule has 0 atom stereocenters. The molecule has 3 N–H and O–H groups in total. The van der Waals surface area contributed by atoms with Crippen molar-refractivity contribution >= 4 is 23.1 Å². The lowest BCUT2D eigenvalue weighted by Gasteiger charge is -2.10. The minimum absolute atomic E-state index is 0.0704. The Bertz CT molecular complexity index is 508. The molecule has 0 radical (unpaired) electrons. The number of aromatic nitrogens is 1. The molecule has 1 aromatic rings. The van der Waals surface area contributed by atoms with E-state index in [2.05, 4.69) is 5.32 Å². The van der Waals surface area contributed by atoms with Gasteiger partial charge in [-0.3, -0.25) is 9.59 Å². The number of nitrogens with one attached hydrogen (secondary N) is 1. The highest BCUT2D eigenvalue weighted by atomic mass is 32.1. The van der Waals surface area contributed by atoms with Gasteiger partial charge in [0.25, 0.3) is 5.56 Å². The Morgan fingerprint density at radius 3 is 2.78 bits per heavy atom. The zero-order valence-corrected chi connectivity index (χ0v) is 11.3. The molecule has 0 aliphatic rings. The first kappa shape index (κ1) is 14.4. The summed E-state index contributed by atoms with van der Waals surface area (Å²) >= 11 is 4.79. The lowest BCUT2D eigenvalue weighted by Crippen LogP contribution is -2.33. The van der Waals surface area contributed by atoms with E-state index >= 15 is 0 Å². The molecule has 0 bridgehead atoms. The monoisotopic (exact) mass is 267 g/mol. The topological polar surface area (TPSA) is 77.1 Å². The van der Waals surface area contributed by atoms with Crippen molar-refractivity contribution in [1.29, 1.82) is 0 Å². The minimum atomic E-state index is -0.262. The van der Waals surface area contributed by atoms with E-state index in [1.165, 1.54) is 4.57 Å². The fraction of sp³-hybridized carbons (Fsp3) is 0.417. The molecule has 1 amide bonds. The van der Waals surface area contributed by atoms with Crippen molar-refractivity contribution in [2.24, 2.45) is 5.73 Å². The van der Waals surface area contributed by atoms with Crippen LogP contribution in [0.2, 0.25) is 0 Å². The molecule has 18 heavy (non-hydrogen) atoms. The van der Waals surface area contributed by atoms with Crippen LogP contribution in [0, 0.1) is 0 Å². The third-order valence-corrected chi connectivity index (χ3v) is 2.53. The van der Waals surface area contributed by atoms with E-state index in [4.69, 9.17) is 18.0 Å². The SMILES string of the molecule is CC(C)NC(=O)CCn1cccc(C(N)=S)c1=O. The van der Waals surface area contributed by atoms with Gasteiger partial charge in [0.2, 0.25) is 5.91 Å². The van der Waals surface area contributed by atoms with Crippen LogP contribution >= 0.6 is 12.2 Å². The van der Waals surface area contributed by atoms with Crippen LogP contribution in [0.4, 0.5) is 0 Å². The third kappa shape index (κ3) is 3.96. The van der Waals surface area contributed by atoms with Crippen LogP contribution in [0.3, 0.4) is 0 Å². The van der Waals surface area contributed by atoms with Crippen molar-refractivity contribution in [2.75, 3.05) is 0 Å². The van der Waals surface area contributed by atoms with Crippen LogP contribution in [0.25, 0.3) is 0 Å². The van der Waals surface area contributed by atoms with Crippen molar-refractivity contribution in [3.05, 3.63) is 34.2 Å². The molecule has 5 nitrogen and oxygen atoms in total. The van der Waals surface area contributed by atoms with E-state index in [1.54, 1.807) is 18.3 Å². The Balaban J connectivity index is 2.75. The van der Waals surface area contributed by atoms with Crippen molar-refractivity contribution in [3.8, 4) is 0 Å². The second-order valence-corrected chi connectivity index (χ2v) is 4.70. The number of hydrogen-bond donors (Lipinski definition) is 2. The molecule has 0 aromatic carbocycles. The Hall–Kier alpha value is -1.69. The van der Waals surface area contributed by atoms with E-state index in [1.807, 2.05) is 13.8 Å². The zero-order valence-electron chi connectivity index (χ0n) is 10.5. The molecule has 0 saturated heterocycles. The molecule has 1 rings (SSSR count). The van der Waals surface area contributed by atoms with Gasteiger partial charge in [-0.05, 0) is 26.0 Å². The number of hydrogen-bond acceptors (Lipinski definition) is 3. The van der Waals surface area contributed by atoms with Crippen molar-refractivity contribution in [1.82, 2.24) is 9.88 Å². The molecule has 0 spiro atoms. The predicted octanol–water partition coefficient (Wildman–Crippen LogP) is 0.397. The smallest absolute Gasteiger partial charge is 0.260 e. The number of aryl methyl sites for hydroxylation is 1. The summed E-state index contributed by atoms with van der Waals surface area (Å²) in [6.07, 6.45) is 1.87. The first-order chi connectivity index (χ1) is 8.41. The fourth-order valence-corrected chi connectivity index (χ4v) is 1.67. The summed E-state index contributed by atoms with van der Waals surface area (Å²) in [7, 11) is 0. The predicted molar refractivity (Wildman–Crippen MR) is 74.5 cm³/mol. The average molecular weight is 267 g/mol. The molecular formula is C12H17N3O2S. The molecule has 0 fully saturated rings. The number of pyridine rings is 1. The first-order valence-electron chi connectivity index (χ1n) is 5.70. The van der Waals surface area contributed by atoms with Crippen LogP contribution in [0.15, 0.2) is 23.1 Å². The second-order valence-electron chi connectivity index (χ2n) is 4.26. The van der Waals surface area contributed by atoms with Crippen molar-refractivity contribution in [3.63, 3.8) is 0 Å². The normalized spacial score (nSPS) is 10.4. The fourth-order valence-electron chi connectivity index (χ4n) is 1.52. The molecule has 1 heterocycles. The maximum absolute atomic E-state index is 11.9. The standard InChI is InChI=1S/C12H17N3O2S/c1-8(2)14-10(16)5-7-15-6-3-4-9(11(13)18)12(15)17/h3-4,6,8H,5,7H2,1-2H3,(H2,13,18)(H,14,16). The Kier molecular flexibility index (Phi) is 5.03. The molecule has 0 saturated carbocycles. The largest absolute Gasteiger partial charge is 0.389 e. The Morgan fingerprint density at radius 2 is 2.22 bits per heavy atom. The maximum Gasteiger partial charge on any atom is 0.260 e. The first-order valence-corrected chi connectivity index (χ1v) is 6.11. The highest BCUT2D eigenvalue weighted by Gasteiger charge is 2.07. The van der Waals surface area contributed by atoms with E-state index in [0.29, 0.717) is 12.1 Å². The number of carbonyl (C=O) groups is 1. The van der Waals surface area contributed by atoms with Gasteiger partial charge in [-0.2, -0.15) is 0 Å². The number of carbonyl (C=O) groups excluding carboxylic acids is 1. The van der Waals surface area contributed by atoms with Crippen molar-refractivity contribution < 1.29 is 4.79 Å². The van der Waals surface area contributed by atoms with Gasteiger partial charge >= 0.3 is 0 Å². The average Bonchev–Trinajstić information content (AvgIpc) is 2.26. The third-order valence-electron chi connectivity index (χ3n) is 2.32. The Labute approximate surface area is 111 Å². The van der Waals surface area contributed by atoms with Crippen LogP contribution in [0.5, 0.6) is 0 Å². The van der Waals surface area contributed by atoms with Gasteiger partial charge in [0.15, 0.2) is 0 Å². The molecule has 98 valence electrons. The number of rotatable bonds is 5. The van der Waals surface area contributed by atoms with Gasteiger partial charge in [-0.15, -0.1) is 0 Å². The van der Waals surface area contributed by atoms with Crippen LogP contribution in [-0.2, 0) is 11.3 Å². The summed E-state index contributed by atoms with van der Waals surface area (Å²) in [5.41, 5.74) is 5.48. The van der Waals surface area contributed by atoms with Crippen molar-refractivity contribution in [2.45, 2.75) is 32.9 Å². The van der Waals surface area contributed by atoms with Gasteiger partial charge < -0.3 is 15.6 Å². The summed E-state index contributed by atoms with van der Waals surface area (Å²) in [6, 6.07) is 3.36. The van der Waals surface area contributed by atoms with Gasteiger partial charge in [0, 0.05) is 25.2 Å². The van der Waals surface area contributed by atoms with E-state index in [9.17, 15) is 9.59 Å². The van der Waals surface area contributed by atoms with Crippen LogP contribution in [0.1, 0.15) is 25.8 Å². The quantitative estimate of drug-likeness (QED) is 0.757. The number of nitrogens with zero attached hydrogens (tertiary/aromatic N) is 1. The van der Waals surface area contributed by atoms with Gasteiger partial charge in [0.1, 0.15) is 4.99 Å². The minimum Gasteiger partial charge on any atom is -0.389 e. The zero-order chi connectivity index (χ0) is 13.7. The summed E-state index contributed by atoms with van der Waals surface area (Å²) in [6.45, 7) is 4.09. The van der Waals surface area contributed by atoms with Gasteiger partial charge in [-0.1, -0.05) is 12.2 Å². The van der Waals surface area contributed by atoms with E-state index < -0.39 is 0 Å². The second kappa shape index (κ2) is 6.30. The lowest BCUT2D eigenvalue weighted by atomic mass is 10.2. The lowest BCUT2D eigenvalue weighted by molar-refractivity contribution is -0.121. The number of amides is 1. The molecular weight excluding hydrogens is 250 g/mol. The molecule has 1 aromatic heterocycles. The van der Waals surface area contributed by atoms with Crippen LogP contribution in [-0.4, -0.2) is 21.5 Å². The highest BCUT2D eigenvalue weighted by Crippen LogP contribution is 1.94. The molecule has 0 unspecified atom stereocenters. The summed E-state index contributed by atoms with van der Waals surface area (Å²) in [5.74, 6) is -0.0855. The Morgan fingerprint density at radius 1 is 1.56 bits per heavy atom. The van der Waals surface area contributed by atoms with Crippen LogP contribution < -0.4 is 16.6 Å². The van der Waals surface area contributed by atoms with E-state index in [0.717, 1.165) is 0 Å². The maximum atomic E-state index is 11.9. The summed E-state index contributed by atoms with van der Waals surface area (Å²) < 4.78 is 1.44.